The Hall–Kier alpha value is -0.940. The quantitative estimate of drug-likeness (QED) is 0.666. The van der Waals surface area contributed by atoms with E-state index < -0.39 is 0 Å². The fraction of sp³-hybridized carbons (Fsp3) is 0.833. The van der Waals surface area contributed by atoms with Crippen molar-refractivity contribution < 1.29 is 4.74 Å². The molecule has 0 radical (unpaired) electrons. The molecular formula is C12H24N4O. The first-order chi connectivity index (χ1) is 8.22. The lowest BCUT2D eigenvalue weighted by Gasteiger charge is -2.04. The second-order valence-corrected chi connectivity index (χ2v) is 4.43. The summed E-state index contributed by atoms with van der Waals surface area (Å²) in [6.45, 7) is 9.43. The van der Waals surface area contributed by atoms with Gasteiger partial charge in [0.25, 0.3) is 0 Å². The van der Waals surface area contributed by atoms with Crippen LogP contribution in [0.25, 0.3) is 0 Å². The van der Waals surface area contributed by atoms with Crippen molar-refractivity contribution in [3.63, 3.8) is 0 Å². The molecule has 1 rings (SSSR count). The van der Waals surface area contributed by atoms with Crippen LogP contribution in [0.3, 0.4) is 0 Å². The van der Waals surface area contributed by atoms with E-state index in [0.717, 1.165) is 31.9 Å². The lowest BCUT2D eigenvalue weighted by atomic mass is 10.4. The minimum Gasteiger partial charge on any atom is -0.380 e. The molecule has 1 aromatic heterocycles. The zero-order valence-electron chi connectivity index (χ0n) is 11.1. The van der Waals surface area contributed by atoms with Crippen molar-refractivity contribution in [3.05, 3.63) is 12.2 Å². The monoisotopic (exact) mass is 240 g/mol. The zero-order valence-corrected chi connectivity index (χ0v) is 11.1. The molecule has 0 aliphatic carbocycles. The molecule has 0 bridgehead atoms. The van der Waals surface area contributed by atoms with Gasteiger partial charge >= 0.3 is 0 Å². The summed E-state index contributed by atoms with van der Waals surface area (Å²) in [6.07, 6.45) is 4.07. The smallest absolute Gasteiger partial charge is 0.164 e. The molecule has 0 saturated carbocycles. The molecule has 1 N–H and O–H groups in total. The molecule has 1 heterocycles. The first kappa shape index (κ1) is 14.1. The first-order valence-corrected chi connectivity index (χ1v) is 6.41. The second-order valence-electron chi connectivity index (χ2n) is 4.43. The predicted molar refractivity (Wildman–Crippen MR) is 67.7 cm³/mol. The Balaban J connectivity index is 2.17. The lowest BCUT2D eigenvalue weighted by Crippen LogP contribution is -2.22. The molecular weight excluding hydrogens is 216 g/mol. The topological polar surface area (TPSA) is 52.0 Å². The summed E-state index contributed by atoms with van der Waals surface area (Å²) in [5.41, 5.74) is 0. The Morgan fingerprint density at radius 1 is 1.41 bits per heavy atom. The van der Waals surface area contributed by atoms with Crippen LogP contribution in [0.2, 0.25) is 0 Å². The summed E-state index contributed by atoms with van der Waals surface area (Å²) < 4.78 is 7.32. The van der Waals surface area contributed by atoms with Crippen LogP contribution in [-0.4, -0.2) is 34.0 Å². The summed E-state index contributed by atoms with van der Waals surface area (Å²) >= 11 is 0. The number of ether oxygens (including phenoxy) is 1. The molecule has 0 aromatic carbocycles. The van der Waals surface area contributed by atoms with E-state index in [1.807, 2.05) is 4.68 Å². The number of unbranched alkanes of at least 4 members (excludes halogenated alkanes) is 1. The van der Waals surface area contributed by atoms with Gasteiger partial charge in [-0.05, 0) is 6.42 Å². The highest BCUT2D eigenvalue weighted by molar-refractivity contribution is 4.81. The molecule has 0 atom stereocenters. The molecule has 0 unspecified atom stereocenters. The third kappa shape index (κ3) is 6.38. The van der Waals surface area contributed by atoms with Gasteiger partial charge in [-0.1, -0.05) is 27.2 Å². The minimum atomic E-state index is 0.458. The highest BCUT2D eigenvalue weighted by Crippen LogP contribution is 1.93. The van der Waals surface area contributed by atoms with Crippen molar-refractivity contribution in [2.75, 3.05) is 13.2 Å². The standard InChI is InChI=1S/C12H24N4O/c1-4-5-7-17-8-6-16-10-14-12(15-16)9-13-11(2)3/h10-11,13H,4-9H2,1-3H3. The molecule has 98 valence electrons. The maximum Gasteiger partial charge on any atom is 0.164 e. The van der Waals surface area contributed by atoms with Crippen LogP contribution in [0.15, 0.2) is 6.33 Å². The van der Waals surface area contributed by atoms with Gasteiger partial charge in [-0.15, -0.1) is 0 Å². The summed E-state index contributed by atoms with van der Waals surface area (Å²) in [7, 11) is 0. The van der Waals surface area contributed by atoms with E-state index in [9.17, 15) is 0 Å². The Morgan fingerprint density at radius 2 is 2.24 bits per heavy atom. The Morgan fingerprint density at radius 3 is 2.94 bits per heavy atom. The molecule has 1 aromatic rings. The molecule has 0 fully saturated rings. The molecule has 5 heteroatoms. The van der Waals surface area contributed by atoms with E-state index in [0.29, 0.717) is 12.6 Å². The van der Waals surface area contributed by atoms with E-state index in [4.69, 9.17) is 4.74 Å². The summed E-state index contributed by atoms with van der Waals surface area (Å²) in [5.74, 6) is 0.840. The van der Waals surface area contributed by atoms with Gasteiger partial charge in [0.15, 0.2) is 5.82 Å². The lowest BCUT2D eigenvalue weighted by molar-refractivity contribution is 0.121. The maximum absolute atomic E-state index is 5.48. The van der Waals surface area contributed by atoms with Crippen LogP contribution in [0.5, 0.6) is 0 Å². The van der Waals surface area contributed by atoms with Crippen molar-refractivity contribution in [2.45, 2.75) is 52.7 Å². The van der Waals surface area contributed by atoms with Gasteiger partial charge in [0, 0.05) is 12.6 Å². The number of hydrogen-bond donors (Lipinski definition) is 1. The molecule has 5 nitrogen and oxygen atoms in total. The van der Waals surface area contributed by atoms with Crippen LogP contribution in [0.4, 0.5) is 0 Å². The van der Waals surface area contributed by atoms with Crippen molar-refractivity contribution in [1.29, 1.82) is 0 Å². The highest BCUT2D eigenvalue weighted by Gasteiger charge is 2.01. The predicted octanol–water partition coefficient (Wildman–Crippen LogP) is 1.59. The van der Waals surface area contributed by atoms with Crippen LogP contribution < -0.4 is 5.32 Å². The molecule has 17 heavy (non-hydrogen) atoms. The van der Waals surface area contributed by atoms with Gasteiger partial charge < -0.3 is 10.1 Å². The van der Waals surface area contributed by atoms with Crippen molar-refractivity contribution in [3.8, 4) is 0 Å². The zero-order chi connectivity index (χ0) is 12.5. The number of hydrogen-bond acceptors (Lipinski definition) is 4. The normalized spacial score (nSPS) is 11.3. The first-order valence-electron chi connectivity index (χ1n) is 6.41. The summed E-state index contributed by atoms with van der Waals surface area (Å²) in [4.78, 5) is 4.24. The van der Waals surface area contributed by atoms with Gasteiger partial charge in [0.2, 0.25) is 0 Å². The Kier molecular flexibility index (Phi) is 6.81. The molecule has 0 aliphatic rings. The fourth-order valence-electron chi connectivity index (χ4n) is 1.32. The number of nitrogens with one attached hydrogen (secondary N) is 1. The van der Waals surface area contributed by atoms with E-state index >= 15 is 0 Å². The average molecular weight is 240 g/mol. The van der Waals surface area contributed by atoms with Gasteiger partial charge in [0.1, 0.15) is 6.33 Å². The average Bonchev–Trinajstić information content (AvgIpc) is 2.74. The van der Waals surface area contributed by atoms with Crippen LogP contribution in [0, 0.1) is 0 Å². The van der Waals surface area contributed by atoms with Crippen molar-refractivity contribution in [1.82, 2.24) is 20.1 Å². The third-order valence-electron chi connectivity index (χ3n) is 2.36. The van der Waals surface area contributed by atoms with Gasteiger partial charge in [-0.2, -0.15) is 5.10 Å². The van der Waals surface area contributed by atoms with Gasteiger partial charge in [-0.3, -0.25) is 4.68 Å². The Bertz CT molecular complexity index is 298. The van der Waals surface area contributed by atoms with Crippen molar-refractivity contribution in [2.24, 2.45) is 0 Å². The van der Waals surface area contributed by atoms with E-state index in [-0.39, 0.29) is 0 Å². The second kappa shape index (κ2) is 8.20. The number of aromatic nitrogens is 3. The summed E-state index contributed by atoms with van der Waals surface area (Å²) in [6, 6.07) is 0.458. The van der Waals surface area contributed by atoms with Gasteiger partial charge in [-0.25, -0.2) is 4.98 Å². The van der Waals surface area contributed by atoms with E-state index in [1.54, 1.807) is 6.33 Å². The molecule has 0 amide bonds. The number of rotatable bonds is 9. The largest absolute Gasteiger partial charge is 0.380 e. The summed E-state index contributed by atoms with van der Waals surface area (Å²) in [5, 5.41) is 7.65. The maximum atomic E-state index is 5.48. The molecule has 0 aliphatic heterocycles. The van der Waals surface area contributed by atoms with Crippen LogP contribution in [-0.2, 0) is 17.8 Å². The SMILES string of the molecule is CCCCOCCn1cnc(CNC(C)C)n1. The van der Waals surface area contributed by atoms with Crippen LogP contribution >= 0.6 is 0 Å². The third-order valence-corrected chi connectivity index (χ3v) is 2.36. The molecule has 0 spiro atoms. The van der Waals surface area contributed by atoms with Gasteiger partial charge in [0.05, 0.1) is 19.7 Å². The van der Waals surface area contributed by atoms with E-state index in [2.05, 4.69) is 36.2 Å². The fourth-order valence-corrected chi connectivity index (χ4v) is 1.32. The highest BCUT2D eigenvalue weighted by atomic mass is 16.5. The molecule has 0 saturated heterocycles. The van der Waals surface area contributed by atoms with E-state index in [1.165, 1.54) is 6.42 Å². The Labute approximate surface area is 104 Å². The van der Waals surface area contributed by atoms with Crippen molar-refractivity contribution >= 4 is 0 Å². The van der Waals surface area contributed by atoms with Crippen LogP contribution in [0.1, 0.15) is 39.4 Å². The number of nitrogens with zero attached hydrogens (tertiary/aromatic N) is 3. The minimum absolute atomic E-state index is 0.458.